The van der Waals surface area contributed by atoms with E-state index in [0.29, 0.717) is 34.8 Å². The van der Waals surface area contributed by atoms with Crippen LogP contribution < -0.4 is 0 Å². The first-order valence-electron chi connectivity index (χ1n) is 16.9. The zero-order chi connectivity index (χ0) is 37.7. The van der Waals surface area contributed by atoms with E-state index in [4.69, 9.17) is 28.2 Å². The van der Waals surface area contributed by atoms with Crippen LogP contribution in [0, 0.1) is 11.7 Å². The summed E-state index contributed by atoms with van der Waals surface area (Å²) >= 11 is 13.3. The van der Waals surface area contributed by atoms with Crippen LogP contribution in [0.5, 0.6) is 0 Å². The molecule has 1 aromatic heterocycles. The Balaban J connectivity index is 1.22. The van der Waals surface area contributed by atoms with Crippen molar-refractivity contribution in [1.29, 1.82) is 0 Å². The maximum atomic E-state index is 15.3. The van der Waals surface area contributed by atoms with Gasteiger partial charge in [0, 0.05) is 43.0 Å². The highest BCUT2D eigenvalue weighted by Gasteiger charge is 2.61. The van der Waals surface area contributed by atoms with Gasteiger partial charge in [-0.25, -0.2) is 18.8 Å². The summed E-state index contributed by atoms with van der Waals surface area (Å²) in [5.74, 6) is -4.03. The molecule has 278 valence electrons. The molecule has 1 saturated carbocycles. The van der Waals surface area contributed by atoms with Gasteiger partial charge in [0.1, 0.15) is 33.6 Å². The number of aromatic nitrogens is 1. The molecule has 0 N–H and O–H groups in total. The van der Waals surface area contributed by atoms with Gasteiger partial charge < -0.3 is 19.6 Å². The van der Waals surface area contributed by atoms with Gasteiger partial charge in [0.25, 0.3) is 5.91 Å². The van der Waals surface area contributed by atoms with E-state index in [9.17, 15) is 27.6 Å². The fraction of sp³-hybridized carbons (Fsp3) is 0.514. The molecule has 7 rings (SSSR count). The number of amides is 3. The minimum atomic E-state index is -5.05. The average Bonchev–Trinajstić information content (AvgIpc) is 3.43. The number of fused-ring (bicyclic) bond motifs is 1. The van der Waals surface area contributed by atoms with Crippen LogP contribution in [-0.4, -0.2) is 97.1 Å². The average molecular weight is 786 g/mol. The Morgan fingerprint density at radius 2 is 1.77 bits per heavy atom. The number of amidine groups is 1. The summed E-state index contributed by atoms with van der Waals surface area (Å²) in [6, 6.07) is 5.19. The van der Waals surface area contributed by atoms with E-state index in [2.05, 4.69) is 4.98 Å². The monoisotopic (exact) mass is 784 g/mol. The third-order valence-corrected chi connectivity index (χ3v) is 12.3. The van der Waals surface area contributed by atoms with Crippen molar-refractivity contribution in [3.05, 3.63) is 74.3 Å². The number of allylic oxidation sites excluding steroid dienone is 1. The number of halogens is 7. The standard InChI is InChI=1S/C35H35Cl2F5N6O3S/c1-17(2)26-27(52-32-44-33(4,20-6-8-25(37)43-13-20)28(48(26)32)19-5-7-22(36)23(39)11-19)30(50)45-15-21(38)12-24(45)29(49)46-16-34(9-10-34)47(14-18(46)3)31(51)35(40,41)42/h5-8,11,13,17-18,21,24,28H,9-10,12,14-16H2,1-4H3/t18-,21+,24+,28+,33-/m0/s1. The number of piperazine rings is 1. The molecule has 9 nitrogen and oxygen atoms in total. The number of rotatable bonds is 5. The molecule has 52 heavy (non-hydrogen) atoms. The Bertz CT molecular complexity index is 1910. The zero-order valence-electron chi connectivity index (χ0n) is 28.6. The Morgan fingerprint density at radius 3 is 2.37 bits per heavy atom. The molecular formula is C35H35Cl2F5N6O3S. The number of likely N-dealkylation sites (tertiary alicyclic amines) is 1. The lowest BCUT2D eigenvalue weighted by Crippen LogP contribution is -2.65. The lowest BCUT2D eigenvalue weighted by molar-refractivity contribution is -0.193. The van der Waals surface area contributed by atoms with Crippen LogP contribution in [-0.2, 0) is 19.9 Å². The number of aliphatic imine (C=N–C) groups is 1. The van der Waals surface area contributed by atoms with Crippen molar-refractivity contribution >= 4 is 57.9 Å². The molecule has 3 amide bonds. The summed E-state index contributed by atoms with van der Waals surface area (Å²) in [6.07, 6.45) is -4.66. The van der Waals surface area contributed by atoms with Gasteiger partial charge >= 0.3 is 12.1 Å². The number of hydrogen-bond donors (Lipinski definition) is 0. The minimum Gasteiger partial charge on any atom is -0.334 e. The van der Waals surface area contributed by atoms with E-state index >= 15 is 8.78 Å². The largest absolute Gasteiger partial charge is 0.471 e. The first-order chi connectivity index (χ1) is 24.4. The van der Waals surface area contributed by atoms with Crippen molar-refractivity contribution in [2.24, 2.45) is 10.9 Å². The van der Waals surface area contributed by atoms with Crippen LogP contribution in [0.15, 0.2) is 52.1 Å². The molecule has 5 aliphatic rings. The van der Waals surface area contributed by atoms with Crippen LogP contribution in [0.3, 0.4) is 0 Å². The Kier molecular flexibility index (Phi) is 9.13. The molecular weight excluding hydrogens is 750 g/mol. The van der Waals surface area contributed by atoms with Crippen LogP contribution in [0.1, 0.15) is 64.1 Å². The lowest BCUT2D eigenvalue weighted by atomic mass is 9.81. The smallest absolute Gasteiger partial charge is 0.334 e. The second kappa shape index (κ2) is 12.9. The predicted octanol–water partition coefficient (Wildman–Crippen LogP) is 6.86. The molecule has 2 aromatic rings. The molecule has 17 heteroatoms. The van der Waals surface area contributed by atoms with E-state index in [1.54, 1.807) is 31.3 Å². The molecule has 0 unspecified atom stereocenters. The second-order valence-corrected chi connectivity index (χ2v) is 16.4. The number of alkyl halides is 4. The lowest BCUT2D eigenvalue weighted by Gasteiger charge is -2.47. The second-order valence-electron chi connectivity index (χ2n) is 14.6. The SMILES string of the molecule is CC(C)C1=C(C(=O)N2C[C@H](F)C[C@@H]2C(=O)N2CC3(CC3)N(C(=O)C(F)(F)F)C[C@@H]2C)SC2=N[C@@](C)(c3ccc(Cl)nc3)[C@@H](c3ccc(Cl)c(F)c3)N21. The summed E-state index contributed by atoms with van der Waals surface area (Å²) in [5, 5.41) is 0.653. The highest BCUT2D eigenvalue weighted by molar-refractivity contribution is 8.18. The molecule has 4 aliphatic heterocycles. The summed E-state index contributed by atoms with van der Waals surface area (Å²) in [5.41, 5.74) is -0.416. The maximum Gasteiger partial charge on any atom is 0.471 e. The van der Waals surface area contributed by atoms with Crippen molar-refractivity contribution in [3.63, 3.8) is 0 Å². The van der Waals surface area contributed by atoms with Crippen molar-refractivity contribution in [2.45, 2.75) is 88.5 Å². The fourth-order valence-corrected chi connectivity index (χ4v) is 9.58. The van der Waals surface area contributed by atoms with Gasteiger partial charge in [0.2, 0.25) is 5.91 Å². The van der Waals surface area contributed by atoms with E-state index in [1.165, 1.54) is 21.9 Å². The van der Waals surface area contributed by atoms with Crippen molar-refractivity contribution in [3.8, 4) is 0 Å². The molecule has 2 saturated heterocycles. The maximum absolute atomic E-state index is 15.3. The normalized spacial score (nSPS) is 28.3. The fourth-order valence-electron chi connectivity index (χ4n) is 7.99. The predicted molar refractivity (Wildman–Crippen MR) is 185 cm³/mol. The van der Waals surface area contributed by atoms with Gasteiger partial charge in [0.15, 0.2) is 5.17 Å². The number of carbonyl (C=O) groups excluding carboxylic acids is 3. The van der Waals surface area contributed by atoms with E-state index in [-0.39, 0.29) is 47.1 Å². The van der Waals surface area contributed by atoms with E-state index in [0.717, 1.165) is 16.7 Å². The Labute approximate surface area is 311 Å². The van der Waals surface area contributed by atoms with Crippen LogP contribution in [0.4, 0.5) is 22.0 Å². The molecule has 3 fully saturated rings. The van der Waals surface area contributed by atoms with E-state index in [1.807, 2.05) is 25.7 Å². The third kappa shape index (κ3) is 6.04. The van der Waals surface area contributed by atoms with Gasteiger partial charge in [0.05, 0.1) is 23.1 Å². The summed E-state index contributed by atoms with van der Waals surface area (Å²) < 4.78 is 70.6. The van der Waals surface area contributed by atoms with Crippen molar-refractivity contribution < 1.29 is 36.3 Å². The number of pyridine rings is 1. The summed E-state index contributed by atoms with van der Waals surface area (Å²) in [4.78, 5) is 55.9. The first-order valence-corrected chi connectivity index (χ1v) is 18.5. The van der Waals surface area contributed by atoms with Gasteiger partial charge in [-0.15, -0.1) is 0 Å². The highest BCUT2D eigenvalue weighted by Crippen LogP contribution is 2.56. The van der Waals surface area contributed by atoms with Gasteiger partial charge in [-0.1, -0.05) is 49.2 Å². The van der Waals surface area contributed by atoms with Crippen molar-refractivity contribution in [2.75, 3.05) is 19.6 Å². The number of thioether (sulfide) groups is 1. The highest BCUT2D eigenvalue weighted by atomic mass is 35.5. The molecule has 1 aliphatic carbocycles. The molecule has 5 heterocycles. The molecule has 1 aromatic carbocycles. The van der Waals surface area contributed by atoms with Crippen LogP contribution in [0.2, 0.25) is 10.2 Å². The Hall–Kier alpha value is -3.43. The molecule has 0 bridgehead atoms. The molecule has 0 radical (unpaired) electrons. The van der Waals surface area contributed by atoms with Gasteiger partial charge in [-0.3, -0.25) is 14.4 Å². The van der Waals surface area contributed by atoms with E-state index < -0.39 is 65.1 Å². The number of carbonyl (C=O) groups is 3. The van der Waals surface area contributed by atoms with Crippen molar-refractivity contribution in [1.82, 2.24) is 24.6 Å². The number of nitrogens with zero attached hydrogens (tertiary/aromatic N) is 6. The quantitative estimate of drug-likeness (QED) is 0.243. The first kappa shape index (κ1) is 36.9. The topological polar surface area (TPSA) is 89.4 Å². The summed E-state index contributed by atoms with van der Waals surface area (Å²) in [6.45, 7) is 6.36. The summed E-state index contributed by atoms with van der Waals surface area (Å²) in [7, 11) is 0. The molecule has 5 atom stereocenters. The molecule has 1 spiro atoms. The van der Waals surface area contributed by atoms with Crippen LogP contribution >= 0.6 is 35.0 Å². The number of benzene rings is 1. The van der Waals surface area contributed by atoms with Gasteiger partial charge in [-0.05, 0) is 68.1 Å². The minimum absolute atomic E-state index is 0.0650. The van der Waals surface area contributed by atoms with Gasteiger partial charge in [-0.2, -0.15) is 13.2 Å². The van der Waals surface area contributed by atoms with Crippen LogP contribution in [0.25, 0.3) is 0 Å². The zero-order valence-corrected chi connectivity index (χ0v) is 30.9. The Morgan fingerprint density at radius 1 is 1.06 bits per heavy atom. The number of hydrogen-bond acceptors (Lipinski definition) is 7. The third-order valence-electron chi connectivity index (χ3n) is 10.7.